The fourth-order valence-corrected chi connectivity index (χ4v) is 4.51. The van der Waals surface area contributed by atoms with Crippen molar-refractivity contribution in [3.8, 4) is 0 Å². The first-order chi connectivity index (χ1) is 11.7. The zero-order valence-corrected chi connectivity index (χ0v) is 15.6. The third-order valence-corrected chi connectivity index (χ3v) is 6.67. The number of hydrogen-bond donors (Lipinski definition) is 1. The van der Waals surface area contributed by atoms with Gasteiger partial charge in [-0.2, -0.15) is 0 Å². The first-order valence-electron chi connectivity index (χ1n) is 9.00. The monoisotopic (exact) mass is 337 g/mol. The van der Waals surface area contributed by atoms with Crippen molar-refractivity contribution in [3.05, 3.63) is 53.6 Å². The minimum Gasteiger partial charge on any atom is -0.346 e. The molecule has 1 N–H and O–H groups in total. The minimum absolute atomic E-state index is 0.0410. The van der Waals surface area contributed by atoms with Gasteiger partial charge in [0, 0.05) is 5.41 Å². The van der Waals surface area contributed by atoms with Gasteiger partial charge in [-0.25, -0.2) is 0 Å². The van der Waals surface area contributed by atoms with Gasteiger partial charge in [0.05, 0.1) is 6.04 Å². The maximum Gasteiger partial charge on any atom is 0.243 e. The molecule has 2 fully saturated rings. The van der Waals surface area contributed by atoms with E-state index in [0.29, 0.717) is 11.7 Å². The van der Waals surface area contributed by atoms with Crippen LogP contribution in [0, 0.1) is 16.7 Å². The number of carbonyl (C=O) groups excluding carboxylic acids is 2. The number of hydrogen-bond acceptors (Lipinski definition) is 2. The molecule has 0 saturated heterocycles. The summed E-state index contributed by atoms with van der Waals surface area (Å²) in [5.41, 5.74) is 2.89. The van der Waals surface area contributed by atoms with Crippen LogP contribution >= 0.6 is 0 Å². The van der Waals surface area contributed by atoms with Crippen molar-refractivity contribution in [2.75, 3.05) is 0 Å². The smallest absolute Gasteiger partial charge is 0.243 e. The summed E-state index contributed by atoms with van der Waals surface area (Å²) >= 11 is 0. The molecule has 2 aliphatic rings. The Bertz CT molecular complexity index is 757. The highest BCUT2D eigenvalue weighted by Crippen LogP contribution is 2.65. The van der Waals surface area contributed by atoms with Crippen molar-refractivity contribution >= 4 is 17.8 Å². The molecule has 3 rings (SSSR count). The highest BCUT2D eigenvalue weighted by atomic mass is 16.1. The Kier molecular flexibility index (Phi) is 4.22. The van der Waals surface area contributed by atoms with Gasteiger partial charge < -0.3 is 5.32 Å². The van der Waals surface area contributed by atoms with Gasteiger partial charge in [-0.15, -0.1) is 0 Å². The molecule has 1 aromatic carbocycles. The highest BCUT2D eigenvalue weighted by Gasteiger charge is 2.63. The van der Waals surface area contributed by atoms with E-state index in [-0.39, 0.29) is 22.8 Å². The number of fused-ring (bicyclic) bond motifs is 2. The molecular weight excluding hydrogens is 310 g/mol. The van der Waals surface area contributed by atoms with Crippen LogP contribution in [0.2, 0.25) is 0 Å². The van der Waals surface area contributed by atoms with Crippen LogP contribution in [0.4, 0.5) is 0 Å². The predicted octanol–water partition coefficient (Wildman–Crippen LogP) is 4.46. The van der Waals surface area contributed by atoms with Crippen LogP contribution in [0.25, 0.3) is 6.08 Å². The highest BCUT2D eigenvalue weighted by molar-refractivity contribution is 6.07. The number of benzene rings is 1. The third kappa shape index (κ3) is 2.66. The SMILES string of the molecule is C=CC(=O)NC(C)c1ccc(/C=C2/C(=O)C3(C)CCC2C3(C)C)cc1. The van der Waals surface area contributed by atoms with Gasteiger partial charge in [0.15, 0.2) is 5.78 Å². The van der Waals surface area contributed by atoms with Gasteiger partial charge in [0.1, 0.15) is 0 Å². The summed E-state index contributed by atoms with van der Waals surface area (Å²) < 4.78 is 0. The second-order valence-electron chi connectivity index (χ2n) is 8.17. The number of Topliss-reactive ketones (excluding diaryl/α,β-unsaturated/α-hetero) is 1. The van der Waals surface area contributed by atoms with Crippen molar-refractivity contribution in [1.29, 1.82) is 0 Å². The van der Waals surface area contributed by atoms with E-state index in [9.17, 15) is 9.59 Å². The van der Waals surface area contributed by atoms with E-state index in [1.165, 1.54) is 6.08 Å². The summed E-state index contributed by atoms with van der Waals surface area (Å²) in [6, 6.07) is 7.98. The molecule has 3 atom stereocenters. The Balaban J connectivity index is 1.83. The van der Waals surface area contributed by atoms with Crippen LogP contribution in [0.3, 0.4) is 0 Å². The zero-order chi connectivity index (χ0) is 18.4. The van der Waals surface area contributed by atoms with Crippen LogP contribution in [0.5, 0.6) is 0 Å². The summed E-state index contributed by atoms with van der Waals surface area (Å²) in [6.07, 6.45) is 5.44. The average Bonchev–Trinajstić information content (AvgIpc) is 2.89. The molecule has 0 spiro atoms. The summed E-state index contributed by atoms with van der Waals surface area (Å²) in [7, 11) is 0. The van der Waals surface area contributed by atoms with Crippen LogP contribution in [0.15, 0.2) is 42.5 Å². The number of rotatable bonds is 4. The van der Waals surface area contributed by atoms with E-state index >= 15 is 0 Å². The van der Waals surface area contributed by atoms with Crippen molar-refractivity contribution in [3.63, 3.8) is 0 Å². The lowest BCUT2D eigenvalue weighted by Gasteiger charge is -2.31. The quantitative estimate of drug-likeness (QED) is 0.825. The Labute approximate surface area is 150 Å². The summed E-state index contributed by atoms with van der Waals surface area (Å²) in [5.74, 6) is 0.502. The van der Waals surface area contributed by atoms with Gasteiger partial charge in [-0.05, 0) is 60.0 Å². The molecule has 0 radical (unpaired) electrons. The zero-order valence-electron chi connectivity index (χ0n) is 15.6. The largest absolute Gasteiger partial charge is 0.346 e. The summed E-state index contributed by atoms with van der Waals surface area (Å²) in [5, 5.41) is 2.86. The maximum absolute atomic E-state index is 12.9. The molecule has 0 heterocycles. The molecule has 2 aliphatic carbocycles. The van der Waals surface area contributed by atoms with Crippen molar-refractivity contribution in [2.45, 2.75) is 46.6 Å². The molecule has 132 valence electrons. The molecule has 1 amide bonds. The van der Waals surface area contributed by atoms with Crippen molar-refractivity contribution in [1.82, 2.24) is 5.32 Å². The Morgan fingerprint density at radius 2 is 1.92 bits per heavy atom. The molecule has 2 bridgehead atoms. The number of allylic oxidation sites excluding steroid dienone is 1. The molecule has 1 aromatic rings. The number of nitrogens with one attached hydrogen (secondary N) is 1. The van der Waals surface area contributed by atoms with Gasteiger partial charge in [-0.1, -0.05) is 51.6 Å². The second-order valence-corrected chi connectivity index (χ2v) is 8.17. The second kappa shape index (κ2) is 5.98. The van der Waals surface area contributed by atoms with Crippen molar-refractivity contribution in [2.24, 2.45) is 16.7 Å². The van der Waals surface area contributed by atoms with Gasteiger partial charge >= 0.3 is 0 Å². The molecule has 0 aliphatic heterocycles. The van der Waals surface area contributed by atoms with Crippen LogP contribution in [-0.2, 0) is 9.59 Å². The topological polar surface area (TPSA) is 46.2 Å². The van der Waals surface area contributed by atoms with E-state index in [0.717, 1.165) is 29.5 Å². The van der Waals surface area contributed by atoms with E-state index in [2.05, 4.69) is 38.7 Å². The Morgan fingerprint density at radius 3 is 2.44 bits per heavy atom. The van der Waals surface area contributed by atoms with Crippen LogP contribution in [0.1, 0.15) is 57.7 Å². The fourth-order valence-electron chi connectivity index (χ4n) is 4.51. The average molecular weight is 337 g/mol. The lowest BCUT2D eigenvalue weighted by atomic mass is 9.70. The third-order valence-electron chi connectivity index (χ3n) is 6.67. The normalized spacial score (nSPS) is 29.7. The number of carbonyl (C=O) groups is 2. The first-order valence-corrected chi connectivity index (χ1v) is 9.00. The van der Waals surface area contributed by atoms with E-state index in [1.807, 2.05) is 31.2 Å². The molecule has 2 saturated carbocycles. The standard InChI is InChI=1S/C22H27NO2/c1-6-19(24)23-14(2)16-9-7-15(8-10-16)13-17-18-11-12-22(5,20(17)25)21(18,3)4/h6-10,13-14,18H,1,11-12H2,2-5H3,(H,23,24)/b17-13+. The van der Waals surface area contributed by atoms with E-state index in [1.54, 1.807) is 0 Å². The Hall–Kier alpha value is -2.16. The number of amides is 1. The fraction of sp³-hybridized carbons (Fsp3) is 0.455. The molecule has 0 aromatic heterocycles. The summed E-state index contributed by atoms with van der Waals surface area (Å²) in [4.78, 5) is 24.3. The molecule has 25 heavy (non-hydrogen) atoms. The number of ketones is 1. The molecule has 3 nitrogen and oxygen atoms in total. The summed E-state index contributed by atoms with van der Waals surface area (Å²) in [6.45, 7) is 12.0. The Morgan fingerprint density at radius 1 is 1.28 bits per heavy atom. The van der Waals surface area contributed by atoms with E-state index < -0.39 is 0 Å². The van der Waals surface area contributed by atoms with Crippen LogP contribution < -0.4 is 5.32 Å². The van der Waals surface area contributed by atoms with Gasteiger partial charge in [0.25, 0.3) is 0 Å². The minimum atomic E-state index is -0.215. The van der Waals surface area contributed by atoms with Gasteiger partial charge in [-0.3, -0.25) is 9.59 Å². The van der Waals surface area contributed by atoms with E-state index in [4.69, 9.17) is 0 Å². The predicted molar refractivity (Wildman–Crippen MR) is 101 cm³/mol. The molecule has 3 unspecified atom stereocenters. The molecular formula is C22H27NO2. The first kappa shape index (κ1) is 17.7. The van der Waals surface area contributed by atoms with Gasteiger partial charge in [0.2, 0.25) is 5.91 Å². The lowest BCUT2D eigenvalue weighted by molar-refractivity contribution is -0.125. The van der Waals surface area contributed by atoms with Crippen molar-refractivity contribution < 1.29 is 9.59 Å². The van der Waals surface area contributed by atoms with Crippen LogP contribution in [-0.4, -0.2) is 11.7 Å². The lowest BCUT2D eigenvalue weighted by Crippen LogP contribution is -2.32. The maximum atomic E-state index is 12.9. The molecule has 3 heteroatoms.